The summed E-state index contributed by atoms with van der Waals surface area (Å²) in [6.07, 6.45) is 0.943. The van der Waals surface area contributed by atoms with E-state index in [9.17, 15) is 9.90 Å². The van der Waals surface area contributed by atoms with Gasteiger partial charge < -0.3 is 9.84 Å². The number of benzene rings is 3. The summed E-state index contributed by atoms with van der Waals surface area (Å²) in [5.41, 5.74) is 0.595. The van der Waals surface area contributed by atoms with E-state index in [0.717, 1.165) is 22.0 Å². The Morgan fingerprint density at radius 2 is 1.79 bits per heavy atom. The average Bonchev–Trinajstić information content (AvgIpc) is 3.28. The number of aliphatic hydroxyl groups is 1. The van der Waals surface area contributed by atoms with E-state index in [2.05, 4.69) is 16.8 Å². The molecule has 1 N–H and O–H groups in total. The number of aromatic nitrogens is 4. The zero-order valence-corrected chi connectivity index (χ0v) is 18.6. The molecular weight excluding hydrogens is 436 g/mol. The molecule has 0 aliphatic heterocycles. The van der Waals surface area contributed by atoms with Crippen LogP contribution in [0, 0.1) is 0 Å². The number of aliphatic hydroxyl groups excluding tert-OH is 1. The van der Waals surface area contributed by atoms with Gasteiger partial charge in [-0.1, -0.05) is 66.4 Å². The number of hydrogen-bond acceptors (Lipinski definition) is 6. The third-order valence-corrected chi connectivity index (χ3v) is 6.45. The van der Waals surface area contributed by atoms with Crippen molar-refractivity contribution in [2.45, 2.75) is 17.8 Å². The average molecular weight is 459 g/mol. The fourth-order valence-corrected chi connectivity index (χ4v) is 4.69. The normalized spacial score (nSPS) is 12.4. The Labute approximate surface area is 193 Å². The summed E-state index contributed by atoms with van der Waals surface area (Å²) in [6.45, 7) is 4.23. The summed E-state index contributed by atoms with van der Waals surface area (Å²) < 4.78 is 9.31. The maximum atomic E-state index is 12.9. The fourth-order valence-electron chi connectivity index (χ4n) is 3.85. The minimum absolute atomic E-state index is 0.134. The van der Waals surface area contributed by atoms with E-state index in [-0.39, 0.29) is 12.2 Å². The second-order valence-corrected chi connectivity index (χ2v) is 8.58. The van der Waals surface area contributed by atoms with Gasteiger partial charge in [-0.05, 0) is 23.6 Å². The molecule has 3 aromatic carbocycles. The van der Waals surface area contributed by atoms with Crippen LogP contribution >= 0.6 is 11.8 Å². The Morgan fingerprint density at radius 1 is 1.03 bits per heavy atom. The highest BCUT2D eigenvalue weighted by Crippen LogP contribution is 2.26. The maximum Gasteiger partial charge on any atom is 0.263 e. The van der Waals surface area contributed by atoms with E-state index in [4.69, 9.17) is 4.74 Å². The first-order chi connectivity index (χ1) is 16.2. The van der Waals surface area contributed by atoms with Crippen molar-refractivity contribution in [3.63, 3.8) is 0 Å². The summed E-state index contributed by atoms with van der Waals surface area (Å²) in [5, 5.41) is 22.4. The SMILES string of the molecule is C=CCn1c(=O)c2ccccc2n2c(SCC(O)COc3cccc4ccccc34)nnc12. The van der Waals surface area contributed by atoms with Crippen LogP contribution in [0.5, 0.6) is 5.75 Å². The molecule has 7 nitrogen and oxygen atoms in total. The van der Waals surface area contributed by atoms with E-state index in [0.29, 0.717) is 28.6 Å². The Balaban J connectivity index is 1.37. The van der Waals surface area contributed by atoms with E-state index in [1.165, 1.54) is 11.8 Å². The molecule has 0 spiro atoms. The van der Waals surface area contributed by atoms with Crippen LogP contribution in [0.25, 0.3) is 27.5 Å². The highest BCUT2D eigenvalue weighted by atomic mass is 32.2. The van der Waals surface area contributed by atoms with E-state index in [1.807, 2.05) is 65.1 Å². The first kappa shape index (κ1) is 21.2. The minimum Gasteiger partial charge on any atom is -0.490 e. The lowest BCUT2D eigenvalue weighted by molar-refractivity contribution is 0.127. The molecule has 0 aliphatic rings. The molecule has 5 rings (SSSR count). The maximum absolute atomic E-state index is 12.9. The van der Waals surface area contributed by atoms with Gasteiger partial charge in [0, 0.05) is 17.7 Å². The predicted octanol–water partition coefficient (Wildman–Crippen LogP) is 3.92. The summed E-state index contributed by atoms with van der Waals surface area (Å²) in [6, 6.07) is 21.2. The van der Waals surface area contributed by atoms with Gasteiger partial charge in [0.25, 0.3) is 5.56 Å². The first-order valence-corrected chi connectivity index (χ1v) is 11.5. The lowest BCUT2D eigenvalue weighted by Gasteiger charge is -2.14. The van der Waals surface area contributed by atoms with Crippen molar-refractivity contribution in [1.82, 2.24) is 19.2 Å². The van der Waals surface area contributed by atoms with Crippen LogP contribution in [0.2, 0.25) is 0 Å². The molecule has 0 saturated carbocycles. The van der Waals surface area contributed by atoms with E-state index < -0.39 is 6.10 Å². The smallest absolute Gasteiger partial charge is 0.263 e. The third-order valence-electron chi connectivity index (χ3n) is 5.38. The zero-order chi connectivity index (χ0) is 22.8. The summed E-state index contributed by atoms with van der Waals surface area (Å²) in [4.78, 5) is 12.9. The highest BCUT2D eigenvalue weighted by Gasteiger charge is 2.17. The topological polar surface area (TPSA) is 81.7 Å². The Bertz CT molecular complexity index is 1520. The Morgan fingerprint density at radius 3 is 2.64 bits per heavy atom. The van der Waals surface area contributed by atoms with Crippen LogP contribution in [0.1, 0.15) is 0 Å². The quantitative estimate of drug-likeness (QED) is 0.280. The van der Waals surface area contributed by atoms with Gasteiger partial charge in [0.05, 0.1) is 17.0 Å². The highest BCUT2D eigenvalue weighted by molar-refractivity contribution is 7.99. The van der Waals surface area contributed by atoms with Crippen molar-refractivity contribution in [2.24, 2.45) is 0 Å². The standard InChI is InChI=1S/C25H22N4O3S/c1-2-14-28-23(31)20-11-5-6-12-21(20)29-24(28)26-27-25(29)33-16-18(30)15-32-22-13-7-9-17-8-3-4-10-19(17)22/h2-13,18,30H,1,14-16H2. The van der Waals surface area contributed by atoms with Crippen LogP contribution in [-0.4, -0.2) is 42.7 Å². The molecule has 166 valence electrons. The molecule has 0 amide bonds. The number of allylic oxidation sites excluding steroid dienone is 1. The van der Waals surface area contributed by atoms with E-state index in [1.54, 1.807) is 16.7 Å². The monoisotopic (exact) mass is 458 g/mol. The lowest BCUT2D eigenvalue weighted by atomic mass is 10.1. The van der Waals surface area contributed by atoms with Gasteiger partial charge in [-0.3, -0.25) is 13.8 Å². The van der Waals surface area contributed by atoms with Crippen molar-refractivity contribution in [3.05, 3.63) is 89.7 Å². The van der Waals surface area contributed by atoms with Gasteiger partial charge in [0.1, 0.15) is 12.4 Å². The molecule has 0 radical (unpaired) electrons. The number of para-hydroxylation sites is 1. The molecule has 1 atom stereocenters. The largest absolute Gasteiger partial charge is 0.490 e. The molecule has 2 heterocycles. The molecule has 33 heavy (non-hydrogen) atoms. The zero-order valence-electron chi connectivity index (χ0n) is 17.8. The Kier molecular flexibility index (Phi) is 5.85. The molecule has 0 fully saturated rings. The van der Waals surface area contributed by atoms with Gasteiger partial charge in [-0.25, -0.2) is 0 Å². The molecule has 1 unspecified atom stereocenters. The molecule has 2 aromatic heterocycles. The first-order valence-electron chi connectivity index (χ1n) is 10.6. The molecule has 0 saturated heterocycles. The second-order valence-electron chi connectivity index (χ2n) is 7.59. The van der Waals surface area contributed by atoms with Gasteiger partial charge in [-0.15, -0.1) is 16.8 Å². The number of nitrogens with zero attached hydrogens (tertiary/aromatic N) is 4. The van der Waals surface area contributed by atoms with Crippen LogP contribution < -0.4 is 10.3 Å². The van der Waals surface area contributed by atoms with Crippen LogP contribution in [0.15, 0.2) is 89.3 Å². The molecule has 5 aromatic rings. The lowest BCUT2D eigenvalue weighted by Crippen LogP contribution is -2.23. The second kappa shape index (κ2) is 9.09. The van der Waals surface area contributed by atoms with Gasteiger partial charge >= 0.3 is 0 Å². The van der Waals surface area contributed by atoms with E-state index >= 15 is 0 Å². The number of thioether (sulfide) groups is 1. The van der Waals surface area contributed by atoms with Crippen LogP contribution in [-0.2, 0) is 6.54 Å². The number of hydrogen-bond donors (Lipinski definition) is 1. The van der Waals surface area contributed by atoms with Crippen LogP contribution in [0.3, 0.4) is 0 Å². The summed E-state index contributed by atoms with van der Waals surface area (Å²) in [7, 11) is 0. The molecule has 8 heteroatoms. The minimum atomic E-state index is -0.716. The predicted molar refractivity (Wildman–Crippen MR) is 131 cm³/mol. The molecular formula is C25H22N4O3S. The summed E-state index contributed by atoms with van der Waals surface area (Å²) >= 11 is 1.37. The van der Waals surface area contributed by atoms with Crippen molar-refractivity contribution in [2.75, 3.05) is 12.4 Å². The van der Waals surface area contributed by atoms with Crippen LogP contribution in [0.4, 0.5) is 0 Å². The van der Waals surface area contributed by atoms with Crippen molar-refractivity contribution >= 4 is 39.2 Å². The number of fused-ring (bicyclic) bond motifs is 4. The van der Waals surface area contributed by atoms with Crippen molar-refractivity contribution in [1.29, 1.82) is 0 Å². The number of ether oxygens (including phenoxy) is 1. The van der Waals surface area contributed by atoms with Crippen molar-refractivity contribution < 1.29 is 9.84 Å². The summed E-state index contributed by atoms with van der Waals surface area (Å²) in [5.74, 6) is 1.55. The fraction of sp³-hybridized carbons (Fsp3) is 0.160. The van der Waals surface area contributed by atoms with Gasteiger partial charge in [0.15, 0.2) is 5.16 Å². The number of rotatable bonds is 8. The van der Waals surface area contributed by atoms with Crippen molar-refractivity contribution in [3.8, 4) is 5.75 Å². The van der Waals surface area contributed by atoms with Gasteiger partial charge in [0.2, 0.25) is 5.78 Å². The molecule has 0 aliphatic carbocycles. The third kappa shape index (κ3) is 3.99. The van der Waals surface area contributed by atoms with Gasteiger partial charge in [-0.2, -0.15) is 0 Å². The Hall–Kier alpha value is -3.62. The molecule has 0 bridgehead atoms.